The molecule has 1 amide bonds. The fraction of sp³-hybridized carbons (Fsp3) is 0.303. The van der Waals surface area contributed by atoms with Crippen molar-refractivity contribution in [2.45, 2.75) is 45.1 Å². The molecule has 0 saturated carbocycles. The molecule has 2 heterocycles. The Labute approximate surface area is 235 Å². The van der Waals surface area contributed by atoms with Crippen molar-refractivity contribution in [2.75, 3.05) is 13.2 Å². The molecule has 1 saturated heterocycles. The zero-order chi connectivity index (χ0) is 28.1. The first-order valence-electron chi connectivity index (χ1n) is 13.8. The van der Waals surface area contributed by atoms with Crippen molar-refractivity contribution in [3.63, 3.8) is 0 Å². The summed E-state index contributed by atoms with van der Waals surface area (Å²) in [6, 6.07) is 23.8. The number of hydroxylamine groups is 2. The molecular formula is C33H37N3O4. The zero-order valence-corrected chi connectivity index (χ0v) is 23.0. The summed E-state index contributed by atoms with van der Waals surface area (Å²) in [4.78, 5) is 22.8. The Kier molecular flexibility index (Phi) is 8.77. The van der Waals surface area contributed by atoms with Crippen LogP contribution in [0.25, 0.3) is 23.1 Å². The Bertz CT molecular complexity index is 1440. The van der Waals surface area contributed by atoms with Crippen molar-refractivity contribution in [3.05, 3.63) is 107 Å². The smallest absolute Gasteiger partial charge is 0.240 e. The van der Waals surface area contributed by atoms with Crippen molar-refractivity contribution in [1.82, 2.24) is 15.4 Å². The third kappa shape index (κ3) is 6.35. The highest BCUT2D eigenvalue weighted by atomic mass is 16.7. The van der Waals surface area contributed by atoms with Crippen LogP contribution in [0.15, 0.2) is 79.0 Å². The first-order chi connectivity index (χ1) is 19.4. The Morgan fingerprint density at radius 1 is 1.05 bits per heavy atom. The molecule has 0 unspecified atom stereocenters. The summed E-state index contributed by atoms with van der Waals surface area (Å²) in [6.45, 7) is 4.22. The Balaban J connectivity index is 1.25. The highest BCUT2D eigenvalue weighted by molar-refractivity contribution is 5.84. The molecule has 1 aliphatic heterocycles. The average molecular weight is 540 g/mol. The maximum Gasteiger partial charge on any atom is 0.240 e. The lowest BCUT2D eigenvalue weighted by molar-refractivity contribution is -0.192. The van der Waals surface area contributed by atoms with Crippen LogP contribution in [-0.2, 0) is 22.6 Å². The largest absolute Gasteiger partial charge is 0.396 e. The van der Waals surface area contributed by atoms with Crippen LogP contribution >= 0.6 is 0 Å². The second-order valence-corrected chi connectivity index (χ2v) is 10.6. The molecule has 0 spiro atoms. The molecule has 1 fully saturated rings. The maximum atomic E-state index is 13.4. The number of fused-ring (bicyclic) bond motifs is 1. The molecule has 208 valence electrons. The molecule has 1 aromatic heterocycles. The van der Waals surface area contributed by atoms with E-state index in [2.05, 4.69) is 59.7 Å². The zero-order valence-electron chi connectivity index (χ0n) is 23.0. The molecule has 4 N–H and O–H groups in total. The molecule has 7 heteroatoms. The van der Waals surface area contributed by atoms with Gasteiger partial charge in [-0.1, -0.05) is 84.4 Å². The molecule has 5 rings (SSSR count). The van der Waals surface area contributed by atoms with E-state index < -0.39 is 24.2 Å². The van der Waals surface area contributed by atoms with Gasteiger partial charge in [0.2, 0.25) is 5.91 Å². The highest BCUT2D eigenvalue weighted by Crippen LogP contribution is 2.31. The number of aliphatic hydroxyl groups is 2. The van der Waals surface area contributed by atoms with Gasteiger partial charge in [-0.25, -0.2) is 0 Å². The second-order valence-electron chi connectivity index (χ2n) is 10.6. The summed E-state index contributed by atoms with van der Waals surface area (Å²) in [5.41, 5.74) is 6.59. The van der Waals surface area contributed by atoms with Crippen LogP contribution in [0.4, 0.5) is 0 Å². The summed E-state index contributed by atoms with van der Waals surface area (Å²) in [6.07, 6.45) is 5.28. The third-order valence-electron chi connectivity index (χ3n) is 7.58. The predicted molar refractivity (Wildman–Crippen MR) is 158 cm³/mol. The van der Waals surface area contributed by atoms with E-state index in [1.165, 1.54) is 5.56 Å². The molecule has 3 aromatic carbocycles. The maximum absolute atomic E-state index is 13.4. The minimum absolute atomic E-state index is 0.223. The fourth-order valence-electron chi connectivity index (χ4n) is 5.35. The van der Waals surface area contributed by atoms with E-state index in [1.54, 1.807) is 12.0 Å². The first-order valence-corrected chi connectivity index (χ1v) is 13.8. The van der Waals surface area contributed by atoms with Crippen molar-refractivity contribution >= 4 is 29.0 Å². The van der Waals surface area contributed by atoms with Crippen LogP contribution in [0.3, 0.4) is 0 Å². The molecule has 40 heavy (non-hydrogen) atoms. The van der Waals surface area contributed by atoms with Crippen LogP contribution in [-0.4, -0.2) is 57.6 Å². The number of hydrogen-bond acceptors (Lipinski definition) is 5. The summed E-state index contributed by atoms with van der Waals surface area (Å²) < 4.78 is 0. The van der Waals surface area contributed by atoms with Gasteiger partial charge in [-0.15, -0.1) is 0 Å². The van der Waals surface area contributed by atoms with Gasteiger partial charge < -0.3 is 20.5 Å². The first kappa shape index (κ1) is 27.8. The molecular weight excluding hydrogens is 502 g/mol. The topological polar surface area (TPSA) is 97.8 Å². The van der Waals surface area contributed by atoms with Gasteiger partial charge in [0.15, 0.2) is 0 Å². The molecule has 0 bridgehead atoms. The summed E-state index contributed by atoms with van der Waals surface area (Å²) in [7, 11) is 0. The number of H-pyrrole nitrogens is 1. The number of nitrogens with zero attached hydrogens (tertiary/aromatic N) is 1. The SMILES string of the molecule is Cc1ccc(/C=C/c2ccc(CN3O[C@@H]([C@H](C)O)[C@@H](CO)[C@H]3C(=O)NCCc3c[nH]c4ccccc34)cc2)cc1. The van der Waals surface area contributed by atoms with Crippen LogP contribution in [0.2, 0.25) is 0 Å². The predicted octanol–water partition coefficient (Wildman–Crippen LogP) is 4.48. The summed E-state index contributed by atoms with van der Waals surface area (Å²) in [5.74, 6) is -0.774. The second kappa shape index (κ2) is 12.6. The summed E-state index contributed by atoms with van der Waals surface area (Å²) in [5, 5.41) is 26.3. The minimum Gasteiger partial charge on any atom is -0.396 e. The number of carbonyl (C=O) groups is 1. The van der Waals surface area contributed by atoms with Crippen molar-refractivity contribution in [3.8, 4) is 0 Å². The van der Waals surface area contributed by atoms with Gasteiger partial charge in [-0.05, 0) is 48.6 Å². The third-order valence-corrected chi connectivity index (χ3v) is 7.58. The van der Waals surface area contributed by atoms with Gasteiger partial charge in [-0.2, -0.15) is 5.06 Å². The average Bonchev–Trinajstić information content (AvgIpc) is 3.55. The van der Waals surface area contributed by atoms with Crippen molar-refractivity contribution in [2.24, 2.45) is 5.92 Å². The molecule has 4 atom stereocenters. The molecule has 0 radical (unpaired) electrons. The molecule has 1 aliphatic rings. The number of aromatic nitrogens is 1. The number of para-hydroxylation sites is 1. The normalized spacial score (nSPS) is 20.4. The van der Waals surface area contributed by atoms with E-state index in [4.69, 9.17) is 4.84 Å². The number of nitrogens with one attached hydrogen (secondary N) is 2. The van der Waals surface area contributed by atoms with Crippen LogP contribution in [0, 0.1) is 12.8 Å². The van der Waals surface area contributed by atoms with Crippen molar-refractivity contribution in [1.29, 1.82) is 0 Å². The number of amides is 1. The van der Waals surface area contributed by atoms with Crippen LogP contribution < -0.4 is 5.32 Å². The number of carbonyl (C=O) groups excluding carboxylic acids is 1. The number of benzene rings is 3. The highest BCUT2D eigenvalue weighted by Gasteiger charge is 2.48. The lowest BCUT2D eigenvalue weighted by atomic mass is 9.92. The number of aromatic amines is 1. The Hall–Kier alpha value is -3.75. The quantitative estimate of drug-likeness (QED) is 0.223. The van der Waals surface area contributed by atoms with E-state index in [0.29, 0.717) is 19.5 Å². The van der Waals surface area contributed by atoms with E-state index >= 15 is 0 Å². The van der Waals surface area contributed by atoms with Gasteiger partial charge >= 0.3 is 0 Å². The lowest BCUT2D eigenvalue weighted by Gasteiger charge is -2.24. The van der Waals surface area contributed by atoms with E-state index in [1.807, 2.05) is 48.7 Å². The Morgan fingerprint density at radius 2 is 1.73 bits per heavy atom. The molecule has 7 nitrogen and oxygen atoms in total. The number of aliphatic hydroxyl groups excluding tert-OH is 2. The Morgan fingerprint density at radius 3 is 2.40 bits per heavy atom. The molecule has 4 aromatic rings. The summed E-state index contributed by atoms with van der Waals surface area (Å²) >= 11 is 0. The van der Waals surface area contributed by atoms with Crippen LogP contribution in [0.1, 0.15) is 34.7 Å². The number of aryl methyl sites for hydroxylation is 1. The van der Waals surface area contributed by atoms with Crippen molar-refractivity contribution < 1.29 is 19.8 Å². The standard InChI is InChI=1S/C33H37N3O4/c1-22-7-9-24(10-8-22)11-12-25-13-15-26(16-14-25)20-36-31(29(21-37)32(40-36)23(2)38)33(39)34-18-17-27-19-35-30-6-4-3-5-28(27)30/h3-16,19,23,29,31-32,35,37-38H,17-18,20-21H2,1-2H3,(H,34,39)/b12-11+/t23-,29-,31-,32-/m0/s1. The van der Waals surface area contributed by atoms with Gasteiger partial charge in [-0.3, -0.25) is 9.63 Å². The van der Waals surface area contributed by atoms with E-state index in [-0.39, 0.29) is 12.5 Å². The molecule has 0 aliphatic carbocycles. The van der Waals surface area contributed by atoms with Gasteiger partial charge in [0.1, 0.15) is 12.1 Å². The van der Waals surface area contributed by atoms with Gasteiger partial charge in [0, 0.05) is 29.6 Å². The number of rotatable bonds is 10. The minimum atomic E-state index is -0.835. The fourth-order valence-corrected chi connectivity index (χ4v) is 5.35. The number of hydrogen-bond donors (Lipinski definition) is 4. The lowest BCUT2D eigenvalue weighted by Crippen LogP contribution is -2.48. The van der Waals surface area contributed by atoms with Gasteiger partial charge in [0.05, 0.1) is 19.3 Å². The monoisotopic (exact) mass is 539 g/mol. The van der Waals surface area contributed by atoms with E-state index in [9.17, 15) is 15.0 Å². The van der Waals surface area contributed by atoms with Crippen LogP contribution in [0.5, 0.6) is 0 Å². The van der Waals surface area contributed by atoms with E-state index in [0.717, 1.165) is 33.2 Å². The van der Waals surface area contributed by atoms with Gasteiger partial charge in [0.25, 0.3) is 0 Å².